The van der Waals surface area contributed by atoms with Crippen molar-refractivity contribution < 1.29 is 4.42 Å². The van der Waals surface area contributed by atoms with Crippen LogP contribution >= 0.6 is 0 Å². The van der Waals surface area contributed by atoms with Crippen LogP contribution in [0, 0.1) is 6.92 Å². The molecule has 2 rings (SSSR count). The maximum Gasteiger partial charge on any atom is 0.295 e. The first kappa shape index (κ1) is 8.80. The van der Waals surface area contributed by atoms with E-state index in [4.69, 9.17) is 4.42 Å². The normalized spacial score (nSPS) is 10.4. The summed E-state index contributed by atoms with van der Waals surface area (Å²) in [7, 11) is 1.90. The fourth-order valence-electron chi connectivity index (χ4n) is 1.18. The molecule has 0 spiro atoms. The number of nitrogens with one attached hydrogen (secondary N) is 1. The van der Waals surface area contributed by atoms with E-state index in [9.17, 15) is 0 Å². The van der Waals surface area contributed by atoms with Crippen LogP contribution in [0.4, 0.5) is 6.01 Å². The third-order valence-corrected chi connectivity index (χ3v) is 1.96. The van der Waals surface area contributed by atoms with Gasteiger partial charge in [0.1, 0.15) is 6.26 Å². The van der Waals surface area contributed by atoms with Gasteiger partial charge in [-0.05, 0) is 13.0 Å². The van der Waals surface area contributed by atoms with Crippen LogP contribution in [-0.4, -0.2) is 14.8 Å². The fourth-order valence-corrected chi connectivity index (χ4v) is 1.18. The van der Waals surface area contributed by atoms with Crippen molar-refractivity contribution in [2.75, 3.05) is 5.32 Å². The quantitative estimate of drug-likeness (QED) is 0.797. The molecule has 0 aliphatic rings. The van der Waals surface area contributed by atoms with E-state index in [-0.39, 0.29) is 0 Å². The van der Waals surface area contributed by atoms with Crippen molar-refractivity contribution >= 4 is 6.01 Å². The summed E-state index contributed by atoms with van der Waals surface area (Å²) in [5.41, 5.74) is 1.96. The van der Waals surface area contributed by atoms with Gasteiger partial charge in [-0.1, -0.05) is 0 Å². The molecule has 14 heavy (non-hydrogen) atoms. The van der Waals surface area contributed by atoms with Gasteiger partial charge in [0.2, 0.25) is 0 Å². The number of hydrogen-bond acceptors (Lipinski definition) is 4. The Bertz CT molecular complexity index is 418. The van der Waals surface area contributed by atoms with Crippen molar-refractivity contribution in [2.45, 2.75) is 13.5 Å². The average Bonchev–Trinajstić information content (AvgIpc) is 2.72. The number of anilines is 1. The molecule has 0 fully saturated rings. The van der Waals surface area contributed by atoms with Gasteiger partial charge in [-0.15, -0.1) is 0 Å². The molecule has 0 bridgehead atoms. The molecule has 0 amide bonds. The zero-order valence-corrected chi connectivity index (χ0v) is 8.19. The van der Waals surface area contributed by atoms with Crippen molar-refractivity contribution in [3.8, 4) is 0 Å². The lowest BCUT2D eigenvalue weighted by Crippen LogP contribution is -2.05. The Morgan fingerprint density at radius 3 is 3.00 bits per heavy atom. The van der Waals surface area contributed by atoms with E-state index in [1.165, 1.54) is 0 Å². The predicted molar refractivity (Wildman–Crippen MR) is 51.8 cm³/mol. The molecule has 0 aliphatic carbocycles. The van der Waals surface area contributed by atoms with E-state index in [1.807, 2.05) is 24.7 Å². The van der Waals surface area contributed by atoms with Crippen molar-refractivity contribution in [3.05, 3.63) is 29.9 Å². The highest BCUT2D eigenvalue weighted by molar-refractivity contribution is 5.22. The van der Waals surface area contributed by atoms with E-state index in [0.29, 0.717) is 12.6 Å². The first-order chi connectivity index (χ1) is 6.75. The molecule has 0 radical (unpaired) electrons. The van der Waals surface area contributed by atoms with Crippen LogP contribution in [0.2, 0.25) is 0 Å². The Morgan fingerprint density at radius 1 is 1.57 bits per heavy atom. The van der Waals surface area contributed by atoms with Crippen molar-refractivity contribution in [1.29, 1.82) is 0 Å². The van der Waals surface area contributed by atoms with Crippen LogP contribution in [0.15, 0.2) is 22.9 Å². The lowest BCUT2D eigenvalue weighted by molar-refractivity contribution is 0.567. The Balaban J connectivity index is 1.98. The second-order valence-electron chi connectivity index (χ2n) is 3.09. The fraction of sp³-hybridized carbons (Fsp3) is 0.333. The summed E-state index contributed by atoms with van der Waals surface area (Å²) in [6.45, 7) is 2.55. The molecule has 5 heteroatoms. The second kappa shape index (κ2) is 3.53. The van der Waals surface area contributed by atoms with Gasteiger partial charge < -0.3 is 9.73 Å². The largest absolute Gasteiger partial charge is 0.432 e. The molecule has 2 heterocycles. The molecule has 5 nitrogen and oxygen atoms in total. The summed E-state index contributed by atoms with van der Waals surface area (Å²) < 4.78 is 6.96. The van der Waals surface area contributed by atoms with Gasteiger partial charge in [-0.3, -0.25) is 4.68 Å². The van der Waals surface area contributed by atoms with Gasteiger partial charge in [0.05, 0.1) is 17.9 Å². The lowest BCUT2D eigenvalue weighted by Gasteiger charge is -2.01. The van der Waals surface area contributed by atoms with Gasteiger partial charge in [-0.25, -0.2) is 0 Å². The van der Waals surface area contributed by atoms with Crippen LogP contribution in [0.1, 0.15) is 11.4 Å². The van der Waals surface area contributed by atoms with Crippen molar-refractivity contribution in [2.24, 2.45) is 7.05 Å². The minimum atomic E-state index is 0.545. The summed E-state index contributed by atoms with van der Waals surface area (Å²) in [5.74, 6) is 0. The van der Waals surface area contributed by atoms with E-state index in [0.717, 1.165) is 11.4 Å². The predicted octanol–water partition coefficient (Wildman–Crippen LogP) is 1.33. The van der Waals surface area contributed by atoms with Crippen LogP contribution in [-0.2, 0) is 13.6 Å². The van der Waals surface area contributed by atoms with Crippen LogP contribution in [0.25, 0.3) is 0 Å². The smallest absolute Gasteiger partial charge is 0.295 e. The first-order valence-electron chi connectivity index (χ1n) is 4.38. The number of nitrogens with zero attached hydrogens (tertiary/aromatic N) is 3. The van der Waals surface area contributed by atoms with E-state index in [2.05, 4.69) is 15.4 Å². The maximum atomic E-state index is 5.15. The summed E-state index contributed by atoms with van der Waals surface area (Å²) in [4.78, 5) is 4.13. The summed E-state index contributed by atoms with van der Waals surface area (Å²) in [5, 5.41) is 7.13. The zero-order valence-electron chi connectivity index (χ0n) is 8.19. The Kier molecular flexibility index (Phi) is 2.22. The second-order valence-corrected chi connectivity index (χ2v) is 3.09. The molecule has 0 saturated heterocycles. The number of aryl methyl sites for hydroxylation is 2. The van der Waals surface area contributed by atoms with Crippen molar-refractivity contribution in [3.63, 3.8) is 0 Å². The van der Waals surface area contributed by atoms with Crippen molar-refractivity contribution in [1.82, 2.24) is 14.8 Å². The molecule has 0 atom stereocenters. The Labute approximate surface area is 81.8 Å². The van der Waals surface area contributed by atoms with Gasteiger partial charge in [-0.2, -0.15) is 10.1 Å². The zero-order chi connectivity index (χ0) is 9.97. The van der Waals surface area contributed by atoms with Gasteiger partial charge in [0.25, 0.3) is 6.01 Å². The number of rotatable bonds is 3. The molecule has 2 aromatic heterocycles. The third kappa shape index (κ3) is 1.76. The van der Waals surface area contributed by atoms with Gasteiger partial charge >= 0.3 is 0 Å². The van der Waals surface area contributed by atoms with Crippen LogP contribution in [0.3, 0.4) is 0 Å². The van der Waals surface area contributed by atoms with E-state index >= 15 is 0 Å². The molecule has 1 N–H and O–H groups in total. The molecule has 0 saturated carbocycles. The SMILES string of the molecule is Cc1coc(NCc2ccnn2C)n1. The molecule has 0 unspecified atom stereocenters. The van der Waals surface area contributed by atoms with Gasteiger partial charge in [0.15, 0.2) is 0 Å². The molecule has 74 valence electrons. The standard InChI is InChI=1S/C9H12N4O/c1-7-6-14-9(12-7)10-5-8-3-4-11-13(8)2/h3-4,6H,5H2,1-2H3,(H,10,12). The summed E-state index contributed by atoms with van der Waals surface area (Å²) in [6, 6.07) is 2.49. The van der Waals surface area contributed by atoms with E-state index in [1.54, 1.807) is 12.5 Å². The number of aromatic nitrogens is 3. The summed E-state index contributed by atoms with van der Waals surface area (Å²) in [6.07, 6.45) is 3.38. The van der Waals surface area contributed by atoms with E-state index < -0.39 is 0 Å². The minimum Gasteiger partial charge on any atom is -0.432 e. The Morgan fingerprint density at radius 2 is 2.43 bits per heavy atom. The van der Waals surface area contributed by atoms with Gasteiger partial charge in [0, 0.05) is 13.2 Å². The highest BCUT2D eigenvalue weighted by atomic mass is 16.4. The monoisotopic (exact) mass is 192 g/mol. The highest BCUT2D eigenvalue weighted by Crippen LogP contribution is 2.07. The molecule has 0 aromatic carbocycles. The third-order valence-electron chi connectivity index (χ3n) is 1.96. The molecular weight excluding hydrogens is 180 g/mol. The number of hydrogen-bond donors (Lipinski definition) is 1. The molecule has 0 aliphatic heterocycles. The first-order valence-corrected chi connectivity index (χ1v) is 4.38. The topological polar surface area (TPSA) is 55.9 Å². The average molecular weight is 192 g/mol. The Hall–Kier alpha value is -1.78. The molecule has 2 aromatic rings. The minimum absolute atomic E-state index is 0.545. The highest BCUT2D eigenvalue weighted by Gasteiger charge is 2.01. The summed E-state index contributed by atoms with van der Waals surface area (Å²) >= 11 is 0. The van der Waals surface area contributed by atoms with Crippen LogP contribution < -0.4 is 5.32 Å². The molecular formula is C9H12N4O. The number of oxazole rings is 1. The van der Waals surface area contributed by atoms with Crippen LogP contribution in [0.5, 0.6) is 0 Å². The lowest BCUT2D eigenvalue weighted by atomic mass is 10.4. The maximum absolute atomic E-state index is 5.15.